The first kappa shape index (κ1) is 16.6. The second-order valence-electron chi connectivity index (χ2n) is 5.45. The van der Waals surface area contributed by atoms with Gasteiger partial charge in [0.15, 0.2) is 0 Å². The minimum absolute atomic E-state index is 0.222. The van der Waals surface area contributed by atoms with Crippen LogP contribution in [0.15, 0.2) is 67.1 Å². The molecule has 0 spiro atoms. The molecule has 6 heteroatoms. The van der Waals surface area contributed by atoms with Gasteiger partial charge in [-0.2, -0.15) is 0 Å². The predicted molar refractivity (Wildman–Crippen MR) is 96.1 cm³/mol. The Morgan fingerprint density at radius 3 is 2.48 bits per heavy atom. The minimum atomic E-state index is -0.222. The normalized spacial score (nSPS) is 10.2. The van der Waals surface area contributed by atoms with E-state index < -0.39 is 0 Å². The van der Waals surface area contributed by atoms with Crippen molar-refractivity contribution in [2.24, 2.45) is 0 Å². The monoisotopic (exact) mass is 333 g/mol. The summed E-state index contributed by atoms with van der Waals surface area (Å²) in [6, 6.07) is 15.7. The lowest BCUT2D eigenvalue weighted by molar-refractivity contribution is 0.0949. The maximum absolute atomic E-state index is 12.1. The fraction of sp³-hybridized carbons (Fsp3) is 0.158. The number of rotatable bonds is 7. The van der Waals surface area contributed by atoms with Crippen LogP contribution in [0, 0.1) is 0 Å². The molecule has 2 heterocycles. The van der Waals surface area contributed by atoms with Crippen molar-refractivity contribution < 1.29 is 4.79 Å². The average Bonchev–Trinajstić information content (AvgIpc) is 2.68. The number of anilines is 1. The van der Waals surface area contributed by atoms with Crippen LogP contribution in [0.2, 0.25) is 0 Å². The molecule has 3 aromatic rings. The number of amides is 1. The predicted octanol–water partition coefficient (Wildman–Crippen LogP) is 2.46. The van der Waals surface area contributed by atoms with Gasteiger partial charge in [0.25, 0.3) is 5.91 Å². The summed E-state index contributed by atoms with van der Waals surface area (Å²) in [6.07, 6.45) is 5.54. The van der Waals surface area contributed by atoms with Gasteiger partial charge in [-0.05, 0) is 24.1 Å². The molecular formula is C19H19N5O. The van der Waals surface area contributed by atoms with Crippen molar-refractivity contribution in [1.29, 1.82) is 0 Å². The van der Waals surface area contributed by atoms with Crippen molar-refractivity contribution in [3.05, 3.63) is 84.1 Å². The van der Waals surface area contributed by atoms with Gasteiger partial charge in [0.1, 0.15) is 11.5 Å². The molecule has 0 atom stereocenters. The Hall–Kier alpha value is -3.28. The zero-order valence-corrected chi connectivity index (χ0v) is 13.7. The van der Waals surface area contributed by atoms with Gasteiger partial charge in [0, 0.05) is 12.7 Å². The summed E-state index contributed by atoms with van der Waals surface area (Å²) in [5.74, 6) is 0.381. The van der Waals surface area contributed by atoms with Crippen LogP contribution in [-0.2, 0) is 13.0 Å². The Kier molecular flexibility index (Phi) is 5.66. The topological polar surface area (TPSA) is 79.8 Å². The van der Waals surface area contributed by atoms with E-state index in [-0.39, 0.29) is 5.91 Å². The summed E-state index contributed by atoms with van der Waals surface area (Å²) >= 11 is 0. The molecule has 0 saturated carbocycles. The van der Waals surface area contributed by atoms with Gasteiger partial charge in [-0.15, -0.1) is 0 Å². The fourth-order valence-electron chi connectivity index (χ4n) is 2.28. The quantitative estimate of drug-likeness (QED) is 0.694. The fourth-order valence-corrected chi connectivity index (χ4v) is 2.28. The highest BCUT2D eigenvalue weighted by Gasteiger charge is 2.07. The Balaban J connectivity index is 1.47. The molecule has 1 aromatic carbocycles. The Labute approximate surface area is 146 Å². The van der Waals surface area contributed by atoms with Crippen LogP contribution >= 0.6 is 0 Å². The van der Waals surface area contributed by atoms with Gasteiger partial charge in [-0.25, -0.2) is 9.97 Å². The minimum Gasteiger partial charge on any atom is -0.363 e. The largest absolute Gasteiger partial charge is 0.363 e. The molecule has 3 rings (SSSR count). The molecule has 0 unspecified atom stereocenters. The standard InChI is InChI=1S/C19H19N5O/c25-19(21-11-9-15-6-2-1-3-7-15)17-13-24-18(14-22-17)23-12-16-8-4-5-10-20-16/h1-8,10,13-14H,9,11-12H2,(H,21,25)(H,23,24). The zero-order valence-electron chi connectivity index (χ0n) is 13.7. The molecule has 0 fully saturated rings. The summed E-state index contributed by atoms with van der Waals surface area (Å²) in [7, 11) is 0. The van der Waals surface area contributed by atoms with Crippen molar-refractivity contribution in [3.8, 4) is 0 Å². The first-order valence-electron chi connectivity index (χ1n) is 8.09. The van der Waals surface area contributed by atoms with Crippen LogP contribution in [0.25, 0.3) is 0 Å². The zero-order chi connectivity index (χ0) is 17.3. The lowest BCUT2D eigenvalue weighted by atomic mass is 10.1. The Bertz CT molecular complexity index is 791. The van der Waals surface area contributed by atoms with Crippen LogP contribution in [0.4, 0.5) is 5.82 Å². The maximum atomic E-state index is 12.1. The lowest BCUT2D eigenvalue weighted by Gasteiger charge is -2.07. The van der Waals surface area contributed by atoms with Crippen molar-refractivity contribution in [3.63, 3.8) is 0 Å². The molecule has 0 aliphatic heterocycles. The molecule has 0 saturated heterocycles. The summed E-state index contributed by atoms with van der Waals surface area (Å²) in [5.41, 5.74) is 2.39. The van der Waals surface area contributed by atoms with Gasteiger partial charge in [-0.1, -0.05) is 36.4 Å². The number of hydrogen-bond acceptors (Lipinski definition) is 5. The van der Waals surface area contributed by atoms with Gasteiger partial charge >= 0.3 is 0 Å². The Morgan fingerprint density at radius 2 is 1.76 bits per heavy atom. The summed E-state index contributed by atoms with van der Waals surface area (Å²) in [6.45, 7) is 1.11. The van der Waals surface area contributed by atoms with Crippen LogP contribution in [0.3, 0.4) is 0 Å². The molecule has 0 radical (unpaired) electrons. The molecule has 2 aromatic heterocycles. The van der Waals surface area contributed by atoms with E-state index in [0.717, 1.165) is 12.1 Å². The highest BCUT2D eigenvalue weighted by atomic mass is 16.1. The third kappa shape index (κ3) is 5.10. The van der Waals surface area contributed by atoms with Crippen molar-refractivity contribution >= 4 is 11.7 Å². The maximum Gasteiger partial charge on any atom is 0.271 e. The molecule has 0 aliphatic carbocycles. The second-order valence-corrected chi connectivity index (χ2v) is 5.45. The van der Waals surface area contributed by atoms with E-state index >= 15 is 0 Å². The van der Waals surface area contributed by atoms with Crippen LogP contribution in [0.5, 0.6) is 0 Å². The molecule has 1 amide bonds. The smallest absolute Gasteiger partial charge is 0.271 e. The number of carbonyl (C=O) groups is 1. The number of hydrogen-bond donors (Lipinski definition) is 2. The number of carbonyl (C=O) groups excluding carboxylic acids is 1. The molecule has 0 aliphatic rings. The van der Waals surface area contributed by atoms with Gasteiger partial charge in [-0.3, -0.25) is 9.78 Å². The van der Waals surface area contributed by atoms with E-state index in [1.807, 2.05) is 48.5 Å². The van der Waals surface area contributed by atoms with Crippen molar-refractivity contribution in [2.75, 3.05) is 11.9 Å². The summed E-state index contributed by atoms with van der Waals surface area (Å²) < 4.78 is 0. The molecular weight excluding hydrogens is 314 g/mol. The number of nitrogens with one attached hydrogen (secondary N) is 2. The first-order valence-corrected chi connectivity index (χ1v) is 8.09. The average molecular weight is 333 g/mol. The highest BCUT2D eigenvalue weighted by Crippen LogP contribution is 2.04. The first-order chi connectivity index (χ1) is 12.3. The molecule has 2 N–H and O–H groups in total. The van der Waals surface area contributed by atoms with E-state index in [1.54, 1.807) is 12.4 Å². The van der Waals surface area contributed by atoms with E-state index in [4.69, 9.17) is 0 Å². The van der Waals surface area contributed by atoms with Gasteiger partial charge < -0.3 is 10.6 Å². The van der Waals surface area contributed by atoms with Crippen LogP contribution in [-0.4, -0.2) is 27.4 Å². The summed E-state index contributed by atoms with van der Waals surface area (Å²) in [4.78, 5) is 24.7. The van der Waals surface area contributed by atoms with E-state index in [2.05, 4.69) is 25.6 Å². The third-order valence-electron chi connectivity index (χ3n) is 3.60. The highest BCUT2D eigenvalue weighted by molar-refractivity contribution is 5.91. The second kappa shape index (κ2) is 8.54. The van der Waals surface area contributed by atoms with Crippen LogP contribution in [0.1, 0.15) is 21.7 Å². The summed E-state index contributed by atoms with van der Waals surface area (Å²) in [5, 5.41) is 5.98. The van der Waals surface area contributed by atoms with Crippen molar-refractivity contribution in [1.82, 2.24) is 20.3 Å². The molecule has 0 bridgehead atoms. The van der Waals surface area contributed by atoms with E-state index in [9.17, 15) is 4.79 Å². The lowest BCUT2D eigenvalue weighted by Crippen LogP contribution is -2.26. The number of benzene rings is 1. The molecule has 6 nitrogen and oxygen atoms in total. The van der Waals surface area contributed by atoms with E-state index in [1.165, 1.54) is 11.8 Å². The van der Waals surface area contributed by atoms with E-state index in [0.29, 0.717) is 24.6 Å². The molecule has 25 heavy (non-hydrogen) atoms. The SMILES string of the molecule is O=C(NCCc1ccccc1)c1cnc(NCc2ccccn2)cn1. The number of aromatic nitrogens is 3. The van der Waals surface area contributed by atoms with Gasteiger partial charge in [0.05, 0.1) is 24.6 Å². The number of nitrogens with zero attached hydrogens (tertiary/aromatic N) is 3. The third-order valence-corrected chi connectivity index (χ3v) is 3.60. The van der Waals surface area contributed by atoms with Crippen molar-refractivity contribution in [2.45, 2.75) is 13.0 Å². The molecule has 126 valence electrons. The van der Waals surface area contributed by atoms with Gasteiger partial charge in [0.2, 0.25) is 0 Å². The van der Waals surface area contributed by atoms with Crippen LogP contribution < -0.4 is 10.6 Å². The number of pyridine rings is 1. The Morgan fingerprint density at radius 1 is 0.920 bits per heavy atom.